The molecule has 1 heterocycles. The maximum Gasteiger partial charge on any atom is 0.287 e. The summed E-state index contributed by atoms with van der Waals surface area (Å²) in [6, 6.07) is 0. The van der Waals surface area contributed by atoms with Crippen molar-refractivity contribution in [3.8, 4) is 0 Å². The molecule has 0 bridgehead atoms. The minimum absolute atomic E-state index is 0.0276. The summed E-state index contributed by atoms with van der Waals surface area (Å²) in [7, 11) is 0. The van der Waals surface area contributed by atoms with Crippen molar-refractivity contribution in [2.24, 2.45) is 5.92 Å². The van der Waals surface area contributed by atoms with Crippen molar-refractivity contribution in [2.75, 3.05) is 18.5 Å². The Hall–Kier alpha value is -1.21. The average molecular weight is 296 g/mol. The van der Waals surface area contributed by atoms with Crippen LogP contribution in [0.4, 0.5) is 14.5 Å². The third-order valence-electron chi connectivity index (χ3n) is 2.29. The smallest absolute Gasteiger partial charge is 0.287 e. The Balaban J connectivity index is 2.88. The molecule has 5 nitrogen and oxygen atoms in total. The Bertz CT molecular complexity index is 491. The number of hydrogen-bond donors (Lipinski definition) is 2. The number of anilines is 1. The lowest BCUT2D eigenvalue weighted by Gasteiger charge is -2.16. The second-order valence-electron chi connectivity index (χ2n) is 4.62. The van der Waals surface area contributed by atoms with Crippen molar-refractivity contribution in [3.05, 3.63) is 21.6 Å². The first kappa shape index (κ1) is 15.8. The molecule has 108 valence electrons. The fraction of sp³-hybridized carbons (Fsp3) is 0.636. The second kappa shape index (κ2) is 6.29. The SMILES string of the molecule is CC(C)Cn1ncc(NCC(F)(F)CO)c(Cl)c1=O. The van der Waals surface area contributed by atoms with Crippen LogP contribution in [0.25, 0.3) is 0 Å². The van der Waals surface area contributed by atoms with E-state index in [0.29, 0.717) is 6.54 Å². The largest absolute Gasteiger partial charge is 0.390 e. The van der Waals surface area contributed by atoms with Crippen LogP contribution < -0.4 is 10.9 Å². The van der Waals surface area contributed by atoms with Gasteiger partial charge in [0.15, 0.2) is 0 Å². The number of nitrogens with zero attached hydrogens (tertiary/aromatic N) is 2. The Morgan fingerprint density at radius 2 is 2.21 bits per heavy atom. The summed E-state index contributed by atoms with van der Waals surface area (Å²) in [4.78, 5) is 11.8. The predicted molar refractivity (Wildman–Crippen MR) is 68.9 cm³/mol. The quantitative estimate of drug-likeness (QED) is 0.836. The van der Waals surface area contributed by atoms with E-state index < -0.39 is 24.6 Å². The van der Waals surface area contributed by atoms with Gasteiger partial charge in [0, 0.05) is 6.54 Å². The van der Waals surface area contributed by atoms with Crippen LogP contribution in [0.1, 0.15) is 13.8 Å². The summed E-state index contributed by atoms with van der Waals surface area (Å²) in [6.07, 6.45) is 1.22. The number of nitrogens with one attached hydrogen (secondary N) is 1. The number of rotatable bonds is 6. The zero-order valence-electron chi connectivity index (χ0n) is 10.7. The molecule has 1 rings (SSSR count). The van der Waals surface area contributed by atoms with E-state index in [9.17, 15) is 13.6 Å². The van der Waals surface area contributed by atoms with E-state index in [1.54, 1.807) is 0 Å². The maximum atomic E-state index is 12.9. The highest BCUT2D eigenvalue weighted by Gasteiger charge is 2.27. The summed E-state index contributed by atoms with van der Waals surface area (Å²) in [5.41, 5.74) is -0.507. The van der Waals surface area contributed by atoms with Crippen molar-refractivity contribution < 1.29 is 13.9 Å². The minimum Gasteiger partial charge on any atom is -0.390 e. The summed E-state index contributed by atoms with van der Waals surface area (Å²) in [5, 5.41) is 14.4. The van der Waals surface area contributed by atoms with E-state index in [2.05, 4.69) is 10.4 Å². The third-order valence-corrected chi connectivity index (χ3v) is 2.66. The zero-order valence-corrected chi connectivity index (χ0v) is 11.4. The van der Waals surface area contributed by atoms with Crippen LogP contribution in [0.15, 0.2) is 11.0 Å². The predicted octanol–water partition coefficient (Wildman–Crippen LogP) is 1.59. The molecule has 0 unspecified atom stereocenters. The number of hydrogen-bond acceptors (Lipinski definition) is 4. The summed E-state index contributed by atoms with van der Waals surface area (Å²) < 4.78 is 26.9. The summed E-state index contributed by atoms with van der Waals surface area (Å²) in [5.74, 6) is -3.07. The van der Waals surface area contributed by atoms with E-state index in [-0.39, 0.29) is 16.6 Å². The molecule has 0 fully saturated rings. The molecule has 2 N–H and O–H groups in total. The molecule has 0 saturated heterocycles. The topological polar surface area (TPSA) is 67.2 Å². The van der Waals surface area contributed by atoms with Crippen LogP contribution in [-0.2, 0) is 6.54 Å². The molecule has 0 aliphatic rings. The molecule has 1 aromatic rings. The van der Waals surface area contributed by atoms with E-state index in [1.165, 1.54) is 10.9 Å². The first-order valence-electron chi connectivity index (χ1n) is 5.75. The first-order valence-corrected chi connectivity index (χ1v) is 6.13. The Morgan fingerprint density at radius 1 is 1.58 bits per heavy atom. The standard InChI is InChI=1S/C11H16ClF2N3O2/c1-7(2)4-17-10(19)9(12)8(3-16-17)15-5-11(13,14)6-18/h3,7,15,18H,4-6H2,1-2H3. The molecular formula is C11H16ClF2N3O2. The van der Waals surface area contributed by atoms with E-state index >= 15 is 0 Å². The lowest BCUT2D eigenvalue weighted by atomic mass is 10.2. The molecule has 0 spiro atoms. The van der Waals surface area contributed by atoms with Crippen LogP contribution in [-0.4, -0.2) is 34.0 Å². The van der Waals surface area contributed by atoms with Gasteiger partial charge < -0.3 is 10.4 Å². The van der Waals surface area contributed by atoms with Gasteiger partial charge in [-0.1, -0.05) is 25.4 Å². The summed E-state index contributed by atoms with van der Waals surface area (Å²) >= 11 is 5.81. The molecule has 0 saturated carbocycles. The fourth-order valence-corrected chi connectivity index (χ4v) is 1.56. The number of aromatic nitrogens is 2. The zero-order chi connectivity index (χ0) is 14.6. The highest BCUT2D eigenvalue weighted by Crippen LogP contribution is 2.19. The highest BCUT2D eigenvalue weighted by atomic mass is 35.5. The van der Waals surface area contributed by atoms with E-state index in [1.807, 2.05) is 13.8 Å². The number of halogens is 3. The van der Waals surface area contributed by atoms with Crippen LogP contribution in [0.2, 0.25) is 5.02 Å². The lowest BCUT2D eigenvalue weighted by Crippen LogP contribution is -2.32. The average Bonchev–Trinajstić information content (AvgIpc) is 2.34. The van der Waals surface area contributed by atoms with Gasteiger partial charge in [0.1, 0.15) is 11.6 Å². The lowest BCUT2D eigenvalue weighted by molar-refractivity contribution is -0.0372. The molecule has 0 aromatic carbocycles. The fourth-order valence-electron chi connectivity index (χ4n) is 1.34. The molecule has 1 aromatic heterocycles. The molecular weight excluding hydrogens is 280 g/mol. The van der Waals surface area contributed by atoms with Gasteiger partial charge in [0.05, 0.1) is 18.4 Å². The van der Waals surface area contributed by atoms with Gasteiger partial charge >= 0.3 is 0 Å². The number of aliphatic hydroxyl groups excluding tert-OH is 1. The molecule has 0 aliphatic carbocycles. The minimum atomic E-state index is -3.28. The molecule has 0 atom stereocenters. The van der Waals surface area contributed by atoms with Gasteiger partial charge in [-0.05, 0) is 5.92 Å². The molecule has 19 heavy (non-hydrogen) atoms. The van der Waals surface area contributed by atoms with Crippen LogP contribution in [0.3, 0.4) is 0 Å². The monoisotopic (exact) mass is 295 g/mol. The van der Waals surface area contributed by atoms with Crippen molar-refractivity contribution in [3.63, 3.8) is 0 Å². The Morgan fingerprint density at radius 3 is 2.74 bits per heavy atom. The number of alkyl halides is 2. The van der Waals surface area contributed by atoms with E-state index in [4.69, 9.17) is 16.7 Å². The van der Waals surface area contributed by atoms with Crippen molar-refractivity contribution in [1.82, 2.24) is 9.78 Å². The normalized spacial score (nSPS) is 11.9. The van der Waals surface area contributed by atoms with Gasteiger partial charge in [-0.3, -0.25) is 4.79 Å². The van der Waals surface area contributed by atoms with Crippen LogP contribution >= 0.6 is 11.6 Å². The Labute approximate surface area is 114 Å². The second-order valence-corrected chi connectivity index (χ2v) is 5.00. The van der Waals surface area contributed by atoms with Crippen molar-refractivity contribution in [1.29, 1.82) is 0 Å². The number of aliphatic hydroxyl groups is 1. The van der Waals surface area contributed by atoms with Crippen molar-refractivity contribution >= 4 is 17.3 Å². The third kappa shape index (κ3) is 4.43. The van der Waals surface area contributed by atoms with Gasteiger partial charge in [0.2, 0.25) is 0 Å². The maximum absolute atomic E-state index is 12.9. The summed E-state index contributed by atoms with van der Waals surface area (Å²) in [6.45, 7) is 2.12. The van der Waals surface area contributed by atoms with Gasteiger partial charge in [-0.2, -0.15) is 5.10 Å². The highest BCUT2D eigenvalue weighted by molar-refractivity contribution is 6.32. The first-order chi connectivity index (χ1) is 8.76. The van der Waals surface area contributed by atoms with E-state index in [0.717, 1.165) is 0 Å². The van der Waals surface area contributed by atoms with Gasteiger partial charge in [-0.15, -0.1) is 0 Å². The van der Waals surface area contributed by atoms with Crippen LogP contribution in [0.5, 0.6) is 0 Å². The molecule has 0 aliphatic heterocycles. The molecule has 0 amide bonds. The molecule has 0 radical (unpaired) electrons. The van der Waals surface area contributed by atoms with Crippen molar-refractivity contribution in [2.45, 2.75) is 26.3 Å². The molecule has 8 heteroatoms. The van der Waals surface area contributed by atoms with Gasteiger partial charge in [-0.25, -0.2) is 13.5 Å². The van der Waals surface area contributed by atoms with Crippen LogP contribution in [0, 0.1) is 5.92 Å². The Kier molecular flexibility index (Phi) is 5.25. The van der Waals surface area contributed by atoms with Gasteiger partial charge in [0.25, 0.3) is 11.5 Å².